The summed E-state index contributed by atoms with van der Waals surface area (Å²) in [5, 5.41) is 2.89. The van der Waals surface area contributed by atoms with Gasteiger partial charge in [0.1, 0.15) is 10.8 Å². The standard InChI is InChI=1S/C14H13FN2O2S/c1-2-8-7-10(12(16)18)14(20-8)17-13(19)9-5-3-4-6-11(9)15/h3-7H,2H2,1H3,(H2,16,18)(H,17,19). The maximum absolute atomic E-state index is 13.5. The topological polar surface area (TPSA) is 72.2 Å². The monoisotopic (exact) mass is 292 g/mol. The number of nitrogens with one attached hydrogen (secondary N) is 1. The van der Waals surface area contributed by atoms with Crippen LogP contribution in [0.1, 0.15) is 32.5 Å². The van der Waals surface area contributed by atoms with Gasteiger partial charge in [0.2, 0.25) is 0 Å². The highest BCUT2D eigenvalue weighted by Crippen LogP contribution is 2.28. The number of halogens is 1. The van der Waals surface area contributed by atoms with E-state index in [-0.39, 0.29) is 11.1 Å². The van der Waals surface area contributed by atoms with Crippen molar-refractivity contribution in [1.82, 2.24) is 0 Å². The first kappa shape index (κ1) is 14.2. The summed E-state index contributed by atoms with van der Waals surface area (Å²) >= 11 is 1.26. The molecule has 0 aliphatic heterocycles. The van der Waals surface area contributed by atoms with Crippen LogP contribution in [-0.4, -0.2) is 11.8 Å². The molecular formula is C14H13FN2O2S. The molecule has 104 valence electrons. The highest BCUT2D eigenvalue weighted by Gasteiger charge is 2.17. The van der Waals surface area contributed by atoms with Crippen LogP contribution in [0.2, 0.25) is 0 Å². The second-order valence-electron chi connectivity index (χ2n) is 4.11. The average Bonchev–Trinajstić information content (AvgIpc) is 2.82. The minimum atomic E-state index is -0.621. The fourth-order valence-electron chi connectivity index (χ4n) is 1.71. The molecule has 0 aliphatic rings. The maximum Gasteiger partial charge on any atom is 0.259 e. The summed E-state index contributed by atoms with van der Waals surface area (Å²) in [4.78, 5) is 24.3. The largest absolute Gasteiger partial charge is 0.366 e. The number of primary amides is 1. The van der Waals surface area contributed by atoms with Crippen molar-refractivity contribution >= 4 is 28.2 Å². The van der Waals surface area contributed by atoms with Gasteiger partial charge in [-0.05, 0) is 24.6 Å². The van der Waals surface area contributed by atoms with E-state index in [9.17, 15) is 14.0 Å². The second kappa shape index (κ2) is 5.83. The molecule has 0 saturated carbocycles. The van der Waals surface area contributed by atoms with E-state index < -0.39 is 17.6 Å². The van der Waals surface area contributed by atoms with E-state index >= 15 is 0 Å². The zero-order valence-corrected chi connectivity index (χ0v) is 11.6. The number of benzene rings is 1. The van der Waals surface area contributed by atoms with Gasteiger partial charge in [-0.1, -0.05) is 19.1 Å². The van der Waals surface area contributed by atoms with E-state index in [1.807, 2.05) is 6.92 Å². The van der Waals surface area contributed by atoms with E-state index in [0.717, 1.165) is 11.3 Å². The van der Waals surface area contributed by atoms with Crippen LogP contribution in [0.25, 0.3) is 0 Å². The minimum absolute atomic E-state index is 0.0747. The molecule has 6 heteroatoms. The van der Waals surface area contributed by atoms with Crippen LogP contribution in [0.15, 0.2) is 30.3 Å². The summed E-state index contributed by atoms with van der Waals surface area (Å²) in [7, 11) is 0. The molecule has 2 amide bonds. The van der Waals surface area contributed by atoms with Gasteiger partial charge in [-0.25, -0.2) is 4.39 Å². The number of hydrogen-bond acceptors (Lipinski definition) is 3. The highest BCUT2D eigenvalue weighted by atomic mass is 32.1. The SMILES string of the molecule is CCc1cc(C(N)=O)c(NC(=O)c2ccccc2F)s1. The second-order valence-corrected chi connectivity index (χ2v) is 5.24. The van der Waals surface area contributed by atoms with Gasteiger partial charge < -0.3 is 11.1 Å². The van der Waals surface area contributed by atoms with Crippen LogP contribution < -0.4 is 11.1 Å². The lowest BCUT2D eigenvalue weighted by molar-refractivity contribution is 0.100. The van der Waals surface area contributed by atoms with Gasteiger partial charge in [0.15, 0.2) is 0 Å². The van der Waals surface area contributed by atoms with Crippen molar-refractivity contribution in [3.8, 4) is 0 Å². The predicted octanol–water partition coefficient (Wildman–Crippen LogP) is 2.80. The highest BCUT2D eigenvalue weighted by molar-refractivity contribution is 7.16. The van der Waals surface area contributed by atoms with E-state index in [2.05, 4.69) is 5.32 Å². The summed E-state index contributed by atoms with van der Waals surface area (Å²) < 4.78 is 13.5. The number of thiophene rings is 1. The molecule has 0 atom stereocenters. The molecule has 1 heterocycles. The van der Waals surface area contributed by atoms with E-state index in [1.54, 1.807) is 12.1 Å². The Morgan fingerprint density at radius 2 is 2.00 bits per heavy atom. The smallest absolute Gasteiger partial charge is 0.259 e. The minimum Gasteiger partial charge on any atom is -0.366 e. The molecule has 20 heavy (non-hydrogen) atoms. The number of aryl methyl sites for hydroxylation is 1. The Hall–Kier alpha value is -2.21. The van der Waals surface area contributed by atoms with Gasteiger partial charge in [0, 0.05) is 4.88 Å². The Bertz CT molecular complexity index is 667. The fourth-order valence-corrected chi connectivity index (χ4v) is 2.70. The lowest BCUT2D eigenvalue weighted by atomic mass is 10.2. The van der Waals surface area contributed by atoms with Crippen molar-refractivity contribution in [1.29, 1.82) is 0 Å². The fraction of sp³-hybridized carbons (Fsp3) is 0.143. The summed E-state index contributed by atoms with van der Waals surface area (Å²) in [6, 6.07) is 7.29. The van der Waals surface area contributed by atoms with Gasteiger partial charge in [0.05, 0.1) is 11.1 Å². The molecule has 0 unspecified atom stereocenters. The van der Waals surface area contributed by atoms with Crippen LogP contribution in [0.5, 0.6) is 0 Å². The van der Waals surface area contributed by atoms with Gasteiger partial charge in [0.25, 0.3) is 11.8 Å². The first-order valence-electron chi connectivity index (χ1n) is 6.01. The molecule has 4 nitrogen and oxygen atoms in total. The summed E-state index contributed by atoms with van der Waals surface area (Å²) in [6.07, 6.45) is 0.723. The van der Waals surface area contributed by atoms with E-state index in [0.29, 0.717) is 5.00 Å². The third-order valence-electron chi connectivity index (χ3n) is 2.74. The molecule has 0 aliphatic carbocycles. The molecular weight excluding hydrogens is 279 g/mol. The molecule has 2 aromatic rings. The number of carbonyl (C=O) groups excluding carboxylic acids is 2. The Kier molecular flexibility index (Phi) is 4.14. The molecule has 0 saturated heterocycles. The van der Waals surface area contributed by atoms with E-state index in [1.165, 1.54) is 29.5 Å². The number of nitrogens with two attached hydrogens (primary N) is 1. The van der Waals surface area contributed by atoms with Crippen molar-refractivity contribution in [3.05, 3.63) is 52.2 Å². The first-order chi connectivity index (χ1) is 9.52. The molecule has 1 aromatic carbocycles. The Balaban J connectivity index is 2.30. The number of hydrogen-bond donors (Lipinski definition) is 2. The maximum atomic E-state index is 13.5. The van der Waals surface area contributed by atoms with Crippen LogP contribution in [-0.2, 0) is 6.42 Å². The van der Waals surface area contributed by atoms with Gasteiger partial charge in [-0.2, -0.15) is 0 Å². The van der Waals surface area contributed by atoms with Crippen LogP contribution in [0.4, 0.5) is 9.39 Å². The summed E-state index contributed by atoms with van der Waals surface area (Å²) in [5.41, 5.74) is 5.44. The lowest BCUT2D eigenvalue weighted by Crippen LogP contribution is -2.17. The number of amides is 2. The first-order valence-corrected chi connectivity index (χ1v) is 6.83. The van der Waals surface area contributed by atoms with E-state index in [4.69, 9.17) is 5.73 Å². The van der Waals surface area contributed by atoms with Gasteiger partial charge in [-0.3, -0.25) is 9.59 Å². The molecule has 0 fully saturated rings. The predicted molar refractivity (Wildman–Crippen MR) is 76.6 cm³/mol. The van der Waals surface area contributed by atoms with Crippen LogP contribution in [0, 0.1) is 5.82 Å². The normalized spacial score (nSPS) is 10.3. The van der Waals surface area contributed by atoms with Crippen molar-refractivity contribution < 1.29 is 14.0 Å². The van der Waals surface area contributed by atoms with Gasteiger partial charge >= 0.3 is 0 Å². The molecule has 3 N–H and O–H groups in total. The molecule has 0 bridgehead atoms. The van der Waals surface area contributed by atoms with Crippen molar-refractivity contribution in [3.63, 3.8) is 0 Å². The van der Waals surface area contributed by atoms with Crippen molar-refractivity contribution in [2.45, 2.75) is 13.3 Å². The lowest BCUT2D eigenvalue weighted by Gasteiger charge is -2.05. The molecule has 0 spiro atoms. The Morgan fingerprint density at radius 3 is 2.60 bits per heavy atom. The van der Waals surface area contributed by atoms with Gasteiger partial charge in [-0.15, -0.1) is 11.3 Å². The third-order valence-corrected chi connectivity index (χ3v) is 3.94. The molecule has 0 radical (unpaired) electrons. The summed E-state index contributed by atoms with van der Waals surface area (Å²) in [5.74, 6) is -1.84. The number of rotatable bonds is 4. The molecule has 2 rings (SSSR count). The molecule has 1 aromatic heterocycles. The van der Waals surface area contributed by atoms with Crippen molar-refractivity contribution in [2.75, 3.05) is 5.32 Å². The zero-order chi connectivity index (χ0) is 14.7. The zero-order valence-electron chi connectivity index (χ0n) is 10.8. The Labute approximate surface area is 119 Å². The third kappa shape index (κ3) is 2.85. The average molecular weight is 292 g/mol. The van der Waals surface area contributed by atoms with Crippen molar-refractivity contribution in [2.24, 2.45) is 5.73 Å². The van der Waals surface area contributed by atoms with Crippen LogP contribution >= 0.6 is 11.3 Å². The number of anilines is 1. The Morgan fingerprint density at radius 1 is 1.30 bits per heavy atom. The van der Waals surface area contributed by atoms with Crippen LogP contribution in [0.3, 0.4) is 0 Å². The number of carbonyl (C=O) groups is 2. The quantitative estimate of drug-likeness (QED) is 0.909. The summed E-state index contributed by atoms with van der Waals surface area (Å²) in [6.45, 7) is 1.93.